The molecule has 3 rings (SSSR count). The van der Waals surface area contributed by atoms with Gasteiger partial charge in [0.25, 0.3) is 5.91 Å². The number of fused-ring (bicyclic) bond motifs is 1. The summed E-state index contributed by atoms with van der Waals surface area (Å²) in [7, 11) is -3.60. The molecule has 0 radical (unpaired) electrons. The van der Waals surface area contributed by atoms with Crippen LogP contribution in [0.1, 0.15) is 29.2 Å². The van der Waals surface area contributed by atoms with Gasteiger partial charge in [-0.3, -0.25) is 4.79 Å². The molecule has 1 aromatic heterocycles. The minimum absolute atomic E-state index is 0.124. The van der Waals surface area contributed by atoms with Crippen molar-refractivity contribution in [3.63, 3.8) is 0 Å². The van der Waals surface area contributed by atoms with Crippen LogP contribution in [0.5, 0.6) is 0 Å². The highest BCUT2D eigenvalue weighted by Gasteiger charge is 2.22. The minimum atomic E-state index is -3.60. The van der Waals surface area contributed by atoms with Gasteiger partial charge in [-0.1, -0.05) is 32.0 Å². The lowest BCUT2D eigenvalue weighted by atomic mass is 10.2. The molecule has 6 nitrogen and oxygen atoms in total. The van der Waals surface area contributed by atoms with E-state index in [0.717, 1.165) is 15.2 Å². The highest BCUT2D eigenvalue weighted by Crippen LogP contribution is 2.21. The molecule has 0 fully saturated rings. The van der Waals surface area contributed by atoms with Crippen LogP contribution in [-0.2, 0) is 16.6 Å². The number of nitrogens with zero attached hydrogens (tertiary/aromatic N) is 2. The van der Waals surface area contributed by atoms with Crippen LogP contribution in [0.3, 0.4) is 0 Å². The third-order valence-electron chi connectivity index (χ3n) is 4.18. The van der Waals surface area contributed by atoms with E-state index >= 15 is 0 Å². The Morgan fingerprint density at radius 2 is 1.85 bits per heavy atom. The molecular weight excluding hydrogens is 382 g/mol. The van der Waals surface area contributed by atoms with Crippen LogP contribution in [0.4, 0.5) is 0 Å². The third kappa shape index (κ3) is 4.18. The van der Waals surface area contributed by atoms with Crippen LogP contribution >= 0.6 is 11.3 Å². The van der Waals surface area contributed by atoms with E-state index in [-0.39, 0.29) is 10.8 Å². The van der Waals surface area contributed by atoms with Gasteiger partial charge in [-0.2, -0.15) is 4.31 Å². The largest absolute Gasteiger partial charge is 0.346 e. The molecular formula is C19H21N3O3S2. The van der Waals surface area contributed by atoms with Gasteiger partial charge in [0.15, 0.2) is 0 Å². The molecule has 0 atom stereocenters. The lowest BCUT2D eigenvalue weighted by Gasteiger charge is -2.18. The highest BCUT2D eigenvalue weighted by molar-refractivity contribution is 7.89. The number of thiazole rings is 1. The zero-order valence-corrected chi connectivity index (χ0v) is 16.8. The first kappa shape index (κ1) is 19.5. The van der Waals surface area contributed by atoms with Crippen molar-refractivity contribution in [3.8, 4) is 0 Å². The SMILES string of the molecule is CCN(CC)S(=O)(=O)c1cccc(C(=O)NCc2nc3ccccc3s2)c1. The minimum Gasteiger partial charge on any atom is -0.346 e. The summed E-state index contributed by atoms with van der Waals surface area (Å²) in [6.45, 7) is 4.64. The average Bonchev–Trinajstić information content (AvgIpc) is 3.10. The zero-order valence-electron chi connectivity index (χ0n) is 15.2. The summed E-state index contributed by atoms with van der Waals surface area (Å²) in [5, 5.41) is 3.61. The Balaban J connectivity index is 1.75. The molecule has 1 heterocycles. The molecule has 0 saturated carbocycles. The van der Waals surface area contributed by atoms with Crippen molar-refractivity contribution in [2.24, 2.45) is 0 Å². The molecule has 1 amide bonds. The van der Waals surface area contributed by atoms with Crippen LogP contribution in [-0.4, -0.2) is 36.7 Å². The summed E-state index contributed by atoms with van der Waals surface area (Å²) in [4.78, 5) is 17.1. The number of aromatic nitrogens is 1. The summed E-state index contributed by atoms with van der Waals surface area (Å²) in [5.41, 5.74) is 1.21. The molecule has 0 aliphatic heterocycles. The lowest BCUT2D eigenvalue weighted by Crippen LogP contribution is -2.31. The fourth-order valence-corrected chi connectivity index (χ4v) is 5.18. The molecule has 2 aromatic carbocycles. The average molecular weight is 404 g/mol. The van der Waals surface area contributed by atoms with E-state index in [1.54, 1.807) is 26.0 Å². The summed E-state index contributed by atoms with van der Waals surface area (Å²) in [6.07, 6.45) is 0. The van der Waals surface area contributed by atoms with Gasteiger partial charge in [0.05, 0.1) is 21.7 Å². The van der Waals surface area contributed by atoms with E-state index < -0.39 is 10.0 Å². The highest BCUT2D eigenvalue weighted by atomic mass is 32.2. The van der Waals surface area contributed by atoms with Crippen molar-refractivity contribution >= 4 is 37.5 Å². The Morgan fingerprint density at radius 3 is 2.56 bits per heavy atom. The number of hydrogen-bond donors (Lipinski definition) is 1. The molecule has 0 bridgehead atoms. The first-order valence-corrected chi connectivity index (χ1v) is 10.9. The van der Waals surface area contributed by atoms with E-state index in [1.807, 2.05) is 24.3 Å². The fourth-order valence-electron chi connectivity index (χ4n) is 2.76. The van der Waals surface area contributed by atoms with Gasteiger partial charge < -0.3 is 5.32 Å². The fraction of sp³-hybridized carbons (Fsp3) is 0.263. The summed E-state index contributed by atoms with van der Waals surface area (Å²) < 4.78 is 27.7. The number of sulfonamides is 1. The number of amides is 1. The van der Waals surface area contributed by atoms with E-state index in [0.29, 0.717) is 25.2 Å². The van der Waals surface area contributed by atoms with Gasteiger partial charge in [-0.05, 0) is 30.3 Å². The Bertz CT molecular complexity index is 1020. The molecule has 0 aliphatic rings. The van der Waals surface area contributed by atoms with Crippen molar-refractivity contribution in [2.45, 2.75) is 25.3 Å². The number of nitrogens with one attached hydrogen (secondary N) is 1. The number of para-hydroxylation sites is 1. The van der Waals surface area contributed by atoms with Gasteiger partial charge in [0.2, 0.25) is 10.0 Å². The second kappa shape index (κ2) is 8.16. The van der Waals surface area contributed by atoms with Gasteiger partial charge in [0.1, 0.15) is 5.01 Å². The summed E-state index contributed by atoms with van der Waals surface area (Å²) in [6, 6.07) is 13.9. The van der Waals surface area contributed by atoms with E-state index in [4.69, 9.17) is 0 Å². The molecule has 0 unspecified atom stereocenters. The van der Waals surface area contributed by atoms with Gasteiger partial charge >= 0.3 is 0 Å². The van der Waals surface area contributed by atoms with Crippen molar-refractivity contribution in [1.82, 2.24) is 14.6 Å². The Kier molecular flexibility index (Phi) is 5.88. The molecule has 3 aromatic rings. The maximum absolute atomic E-state index is 12.6. The molecule has 1 N–H and O–H groups in total. The van der Waals surface area contributed by atoms with Crippen molar-refractivity contribution in [3.05, 3.63) is 59.1 Å². The molecule has 0 aliphatic carbocycles. The van der Waals surface area contributed by atoms with Crippen LogP contribution in [0.15, 0.2) is 53.4 Å². The van der Waals surface area contributed by atoms with E-state index in [1.165, 1.54) is 27.8 Å². The predicted molar refractivity (Wildman–Crippen MR) is 107 cm³/mol. The first-order chi connectivity index (χ1) is 13.0. The number of carbonyl (C=O) groups excluding carboxylic acids is 1. The maximum atomic E-state index is 12.6. The molecule has 0 saturated heterocycles. The number of benzene rings is 2. The molecule has 8 heteroatoms. The van der Waals surface area contributed by atoms with Gasteiger partial charge in [-0.15, -0.1) is 11.3 Å². The van der Waals surface area contributed by atoms with E-state index in [2.05, 4.69) is 10.3 Å². The number of rotatable bonds is 7. The van der Waals surface area contributed by atoms with Crippen molar-refractivity contribution < 1.29 is 13.2 Å². The standard InChI is InChI=1S/C19H21N3O3S2/c1-3-22(4-2)27(24,25)15-9-7-8-14(12-15)19(23)20-13-18-21-16-10-5-6-11-17(16)26-18/h5-12H,3-4,13H2,1-2H3,(H,20,23). The Hall–Kier alpha value is -2.29. The molecule has 142 valence electrons. The van der Waals surface area contributed by atoms with Crippen LogP contribution in [0.2, 0.25) is 0 Å². The Labute approximate surface area is 162 Å². The van der Waals surface area contributed by atoms with E-state index in [9.17, 15) is 13.2 Å². The van der Waals surface area contributed by atoms with Crippen LogP contribution in [0.25, 0.3) is 10.2 Å². The van der Waals surface area contributed by atoms with Crippen LogP contribution in [0, 0.1) is 0 Å². The smallest absolute Gasteiger partial charge is 0.251 e. The maximum Gasteiger partial charge on any atom is 0.251 e. The quantitative estimate of drug-likeness (QED) is 0.657. The lowest BCUT2D eigenvalue weighted by molar-refractivity contribution is 0.0950. The van der Waals surface area contributed by atoms with Gasteiger partial charge in [0, 0.05) is 18.7 Å². The molecule has 0 spiro atoms. The molecule has 27 heavy (non-hydrogen) atoms. The second-order valence-electron chi connectivity index (χ2n) is 5.88. The summed E-state index contributed by atoms with van der Waals surface area (Å²) in [5.74, 6) is -0.328. The monoisotopic (exact) mass is 403 g/mol. The van der Waals surface area contributed by atoms with Gasteiger partial charge in [-0.25, -0.2) is 13.4 Å². The second-order valence-corrected chi connectivity index (χ2v) is 8.93. The third-order valence-corrected chi connectivity index (χ3v) is 7.26. The first-order valence-electron chi connectivity index (χ1n) is 8.68. The topological polar surface area (TPSA) is 79.4 Å². The Morgan fingerprint density at radius 1 is 1.11 bits per heavy atom. The summed E-state index contributed by atoms with van der Waals surface area (Å²) >= 11 is 1.52. The predicted octanol–water partition coefficient (Wildman–Crippen LogP) is 3.26. The van der Waals surface area contributed by atoms with Crippen LogP contribution < -0.4 is 5.32 Å². The van der Waals surface area contributed by atoms with Crippen molar-refractivity contribution in [1.29, 1.82) is 0 Å². The normalized spacial score (nSPS) is 11.8. The van der Waals surface area contributed by atoms with Crippen molar-refractivity contribution in [2.75, 3.05) is 13.1 Å². The zero-order chi connectivity index (χ0) is 19.4. The number of hydrogen-bond acceptors (Lipinski definition) is 5. The number of carbonyl (C=O) groups is 1.